The van der Waals surface area contributed by atoms with Gasteiger partial charge in [0.05, 0.1) is 0 Å². The Bertz CT molecular complexity index is 1620. The molecule has 0 unspecified atom stereocenters. The average Bonchev–Trinajstić information content (AvgIpc) is 3.70. The monoisotopic (exact) mass is 623 g/mol. The number of benzene rings is 3. The van der Waals surface area contributed by atoms with Gasteiger partial charge >= 0.3 is 0 Å². The van der Waals surface area contributed by atoms with Gasteiger partial charge in [0.25, 0.3) is 5.91 Å². The molecule has 234 valence electrons. The summed E-state index contributed by atoms with van der Waals surface area (Å²) in [5.74, 6) is 1.61. The van der Waals surface area contributed by atoms with Crippen LogP contribution in [-0.4, -0.2) is 57.0 Å². The lowest BCUT2D eigenvalue weighted by Gasteiger charge is -2.38. The number of rotatable bonds is 10. The molecular weight excluding hydrogens is 582 g/mol. The molecule has 1 N–H and O–H groups in total. The summed E-state index contributed by atoms with van der Waals surface area (Å²) in [6.45, 7) is 9.50. The van der Waals surface area contributed by atoms with Crippen molar-refractivity contribution in [2.45, 2.75) is 77.5 Å². The normalized spacial score (nSPS) is 18.8. The zero-order chi connectivity index (χ0) is 31.3. The maximum Gasteiger partial charge on any atom is 0.251 e. The fourth-order valence-electron chi connectivity index (χ4n) is 6.05. The van der Waals surface area contributed by atoms with Crippen molar-refractivity contribution < 1.29 is 14.3 Å². The van der Waals surface area contributed by atoms with Crippen LogP contribution in [0.2, 0.25) is 0 Å². The molecule has 0 bridgehead atoms. The molecule has 2 atom stereocenters. The van der Waals surface area contributed by atoms with Crippen LogP contribution in [-0.2, 0) is 17.9 Å². The summed E-state index contributed by atoms with van der Waals surface area (Å²) in [6, 6.07) is 24.4. The minimum Gasteiger partial charge on any atom is -0.457 e. The summed E-state index contributed by atoms with van der Waals surface area (Å²) in [6.07, 6.45) is 3.24. The third kappa shape index (κ3) is 7.60. The van der Waals surface area contributed by atoms with Gasteiger partial charge in [0, 0.05) is 67.3 Å². The average molecular weight is 624 g/mol. The van der Waals surface area contributed by atoms with Gasteiger partial charge in [0.15, 0.2) is 0 Å². The second-order valence-electron chi connectivity index (χ2n) is 12.5. The van der Waals surface area contributed by atoms with Gasteiger partial charge in [-0.15, -0.1) is 10.2 Å². The molecule has 2 saturated heterocycles. The molecule has 2 aliphatic rings. The molecule has 0 spiro atoms. The second-order valence-corrected chi connectivity index (χ2v) is 13.5. The number of carbonyl (C=O) groups is 2. The Kier molecular flexibility index (Phi) is 9.56. The molecule has 4 aromatic rings. The van der Waals surface area contributed by atoms with Crippen molar-refractivity contribution in [2.24, 2.45) is 0 Å². The lowest BCUT2D eigenvalue weighted by atomic mass is 9.97. The van der Waals surface area contributed by atoms with E-state index in [1.54, 1.807) is 11.3 Å². The second kappa shape index (κ2) is 13.9. The maximum absolute atomic E-state index is 13.5. The SMILES string of the molecule is CC(C)c1nnc(-c2ccc(Oc3cc(C(=O)N[C@H]4CCN(Cc5ccccc5)[C@@H](C)C4)ccc3CN3CCCC3=O)cc2)s1. The Hall–Kier alpha value is -4.08. The van der Waals surface area contributed by atoms with Crippen molar-refractivity contribution in [3.63, 3.8) is 0 Å². The molecule has 0 saturated carbocycles. The van der Waals surface area contributed by atoms with Crippen molar-refractivity contribution in [1.82, 2.24) is 25.3 Å². The van der Waals surface area contributed by atoms with E-state index in [4.69, 9.17) is 4.74 Å². The highest BCUT2D eigenvalue weighted by Gasteiger charge is 2.27. The largest absolute Gasteiger partial charge is 0.457 e. The molecule has 2 aliphatic heterocycles. The van der Waals surface area contributed by atoms with E-state index in [2.05, 4.69) is 65.5 Å². The van der Waals surface area contributed by atoms with Crippen molar-refractivity contribution in [1.29, 1.82) is 0 Å². The van der Waals surface area contributed by atoms with E-state index >= 15 is 0 Å². The molecule has 2 amide bonds. The predicted molar refractivity (Wildman–Crippen MR) is 177 cm³/mol. The quantitative estimate of drug-likeness (QED) is 0.204. The lowest BCUT2D eigenvalue weighted by molar-refractivity contribution is -0.128. The van der Waals surface area contributed by atoms with Crippen LogP contribution >= 0.6 is 11.3 Å². The first kappa shape index (κ1) is 30.9. The molecule has 6 rings (SSSR count). The number of carbonyl (C=O) groups excluding carboxylic acids is 2. The molecule has 45 heavy (non-hydrogen) atoms. The first-order valence-electron chi connectivity index (χ1n) is 15.9. The number of hydrogen-bond acceptors (Lipinski definition) is 7. The highest BCUT2D eigenvalue weighted by atomic mass is 32.1. The number of amides is 2. The van der Waals surface area contributed by atoms with Crippen molar-refractivity contribution in [2.75, 3.05) is 13.1 Å². The maximum atomic E-state index is 13.5. The Morgan fingerprint density at radius 1 is 1.02 bits per heavy atom. The molecule has 0 aliphatic carbocycles. The van der Waals surface area contributed by atoms with Gasteiger partial charge in [-0.3, -0.25) is 14.5 Å². The van der Waals surface area contributed by atoms with Crippen LogP contribution in [0.4, 0.5) is 0 Å². The number of piperidine rings is 1. The van der Waals surface area contributed by atoms with Crippen LogP contribution in [0.1, 0.15) is 78.9 Å². The van der Waals surface area contributed by atoms with Gasteiger partial charge in [-0.1, -0.05) is 61.6 Å². The Morgan fingerprint density at radius 3 is 2.51 bits per heavy atom. The minimum absolute atomic E-state index is 0.106. The van der Waals surface area contributed by atoms with Crippen molar-refractivity contribution in [3.05, 3.63) is 94.5 Å². The zero-order valence-electron chi connectivity index (χ0n) is 26.2. The lowest BCUT2D eigenvalue weighted by Crippen LogP contribution is -2.48. The summed E-state index contributed by atoms with van der Waals surface area (Å²) in [4.78, 5) is 30.3. The molecule has 0 radical (unpaired) electrons. The number of ether oxygens (including phenoxy) is 1. The number of nitrogens with one attached hydrogen (secondary N) is 1. The minimum atomic E-state index is -0.107. The van der Waals surface area contributed by atoms with Gasteiger partial charge in [0.2, 0.25) is 5.91 Å². The van der Waals surface area contributed by atoms with Gasteiger partial charge in [-0.2, -0.15) is 0 Å². The molecule has 3 heterocycles. The van der Waals surface area contributed by atoms with E-state index in [9.17, 15) is 9.59 Å². The fourth-order valence-corrected chi connectivity index (χ4v) is 6.90. The molecule has 2 fully saturated rings. The topological polar surface area (TPSA) is 87.7 Å². The number of nitrogens with zero attached hydrogens (tertiary/aromatic N) is 4. The van der Waals surface area contributed by atoms with E-state index in [0.29, 0.717) is 42.0 Å². The van der Waals surface area contributed by atoms with Crippen LogP contribution in [0.3, 0.4) is 0 Å². The van der Waals surface area contributed by atoms with Crippen LogP contribution in [0, 0.1) is 0 Å². The highest BCUT2D eigenvalue weighted by Crippen LogP contribution is 2.32. The highest BCUT2D eigenvalue weighted by molar-refractivity contribution is 7.14. The van der Waals surface area contributed by atoms with Gasteiger partial charge in [-0.05, 0) is 68.1 Å². The first-order valence-corrected chi connectivity index (χ1v) is 16.8. The van der Waals surface area contributed by atoms with Crippen LogP contribution in [0.25, 0.3) is 10.6 Å². The van der Waals surface area contributed by atoms with Gasteiger partial charge in [-0.25, -0.2) is 0 Å². The van der Waals surface area contributed by atoms with Gasteiger partial charge in [0.1, 0.15) is 21.5 Å². The molecule has 9 heteroatoms. The Labute approximate surface area is 269 Å². The number of likely N-dealkylation sites (tertiary alicyclic amines) is 2. The summed E-state index contributed by atoms with van der Waals surface area (Å²) in [5.41, 5.74) is 3.71. The fraction of sp³-hybridized carbons (Fsp3) is 0.389. The first-order chi connectivity index (χ1) is 21.8. The Morgan fingerprint density at radius 2 is 1.82 bits per heavy atom. The standard InChI is InChI=1S/C36H41N5O3S/c1-24(2)35-38-39-36(45-35)27-13-15-31(16-14-27)44-32-21-28(11-12-29(32)23-41-18-7-10-33(41)42)34(43)37-30-17-19-40(25(3)20-30)22-26-8-5-4-6-9-26/h4-6,8-9,11-16,21,24-25,30H,7,10,17-20,22-23H2,1-3H3,(H,37,43)/t25-,30-/m0/s1. The van der Waals surface area contributed by atoms with E-state index in [0.717, 1.165) is 60.0 Å². The molecule has 8 nitrogen and oxygen atoms in total. The van der Waals surface area contributed by atoms with E-state index in [1.165, 1.54) is 5.56 Å². The third-order valence-corrected chi connectivity index (χ3v) is 9.98. The Balaban J connectivity index is 1.15. The molecular formula is C36H41N5O3S. The van der Waals surface area contributed by atoms with Crippen LogP contribution in [0.5, 0.6) is 11.5 Å². The van der Waals surface area contributed by atoms with Crippen molar-refractivity contribution >= 4 is 23.2 Å². The summed E-state index contributed by atoms with van der Waals surface area (Å²) >= 11 is 1.60. The summed E-state index contributed by atoms with van der Waals surface area (Å²) in [7, 11) is 0. The summed E-state index contributed by atoms with van der Waals surface area (Å²) < 4.78 is 6.40. The van der Waals surface area contributed by atoms with E-state index in [1.807, 2.05) is 53.4 Å². The summed E-state index contributed by atoms with van der Waals surface area (Å²) in [5, 5.41) is 13.8. The molecule has 3 aromatic carbocycles. The molecule has 1 aromatic heterocycles. The number of aromatic nitrogens is 2. The van der Waals surface area contributed by atoms with Crippen LogP contribution in [0.15, 0.2) is 72.8 Å². The number of hydrogen-bond donors (Lipinski definition) is 1. The zero-order valence-corrected chi connectivity index (χ0v) is 27.1. The van der Waals surface area contributed by atoms with E-state index in [-0.39, 0.29) is 17.9 Å². The van der Waals surface area contributed by atoms with Crippen molar-refractivity contribution in [3.8, 4) is 22.1 Å². The smallest absolute Gasteiger partial charge is 0.251 e. The van der Waals surface area contributed by atoms with E-state index < -0.39 is 0 Å². The van der Waals surface area contributed by atoms with Gasteiger partial charge < -0.3 is 15.0 Å². The predicted octanol–water partition coefficient (Wildman–Crippen LogP) is 7.03. The third-order valence-electron chi connectivity index (χ3n) is 8.70. The van der Waals surface area contributed by atoms with Crippen LogP contribution < -0.4 is 10.1 Å².